The van der Waals surface area contributed by atoms with Gasteiger partial charge >= 0.3 is 5.69 Å². The first-order valence-corrected chi connectivity index (χ1v) is 7.50. The van der Waals surface area contributed by atoms with Gasteiger partial charge in [-0.25, -0.2) is 0 Å². The van der Waals surface area contributed by atoms with Crippen LogP contribution >= 0.6 is 0 Å². The third-order valence-electron chi connectivity index (χ3n) is 3.75. The summed E-state index contributed by atoms with van der Waals surface area (Å²) in [6, 6.07) is 5.64. The van der Waals surface area contributed by atoms with Crippen molar-refractivity contribution in [3.8, 4) is 5.75 Å². The Morgan fingerprint density at radius 3 is 3.00 bits per heavy atom. The van der Waals surface area contributed by atoms with Crippen LogP contribution in [0.5, 0.6) is 5.75 Å². The molecule has 0 spiro atoms. The van der Waals surface area contributed by atoms with Crippen molar-refractivity contribution in [2.75, 3.05) is 31.6 Å². The molecule has 1 aromatic carbocycles. The van der Waals surface area contributed by atoms with Crippen LogP contribution in [0.1, 0.15) is 26.2 Å². The predicted molar refractivity (Wildman–Crippen MR) is 83.2 cm³/mol. The normalized spacial score (nSPS) is 18.0. The van der Waals surface area contributed by atoms with Gasteiger partial charge < -0.3 is 15.0 Å². The molecule has 6 heteroatoms. The zero-order valence-corrected chi connectivity index (χ0v) is 12.7. The molecule has 0 bridgehead atoms. The molecule has 6 nitrogen and oxygen atoms in total. The Labute approximate surface area is 125 Å². The zero-order valence-electron chi connectivity index (χ0n) is 12.7. The van der Waals surface area contributed by atoms with E-state index in [-0.39, 0.29) is 10.6 Å². The molecule has 1 aliphatic heterocycles. The van der Waals surface area contributed by atoms with E-state index in [9.17, 15) is 10.1 Å². The van der Waals surface area contributed by atoms with Crippen molar-refractivity contribution in [3.63, 3.8) is 0 Å². The molecule has 1 aromatic rings. The maximum Gasteiger partial charge on any atom is 0.333 e. The van der Waals surface area contributed by atoms with E-state index in [1.165, 1.54) is 0 Å². The van der Waals surface area contributed by atoms with E-state index in [2.05, 4.69) is 10.2 Å². The van der Waals surface area contributed by atoms with Gasteiger partial charge in [-0.1, -0.05) is 13.0 Å². The maximum absolute atomic E-state index is 11.5. The summed E-state index contributed by atoms with van der Waals surface area (Å²) in [4.78, 5) is 13.3. The van der Waals surface area contributed by atoms with E-state index in [1.54, 1.807) is 6.07 Å². The number of nitro benzene ring substituents is 1. The van der Waals surface area contributed by atoms with Crippen LogP contribution < -0.4 is 15.0 Å². The molecular formula is C15H23N3O3. The summed E-state index contributed by atoms with van der Waals surface area (Å²) in [5.41, 5.74) is 0.764. The lowest BCUT2D eigenvalue weighted by Crippen LogP contribution is -2.37. The highest BCUT2D eigenvalue weighted by atomic mass is 16.6. The molecule has 1 saturated heterocycles. The molecular weight excluding hydrogens is 270 g/mol. The van der Waals surface area contributed by atoms with Gasteiger partial charge in [0.1, 0.15) is 5.69 Å². The molecule has 0 saturated carbocycles. The predicted octanol–water partition coefficient (Wildman–Crippen LogP) is 2.57. The number of rotatable bonds is 7. The fraction of sp³-hybridized carbons (Fsp3) is 0.600. The van der Waals surface area contributed by atoms with Gasteiger partial charge in [0.15, 0.2) is 5.75 Å². The summed E-state index contributed by atoms with van der Waals surface area (Å²) in [5.74, 6) is 0.370. The van der Waals surface area contributed by atoms with Crippen LogP contribution in [-0.2, 0) is 0 Å². The maximum atomic E-state index is 11.5. The minimum absolute atomic E-state index is 0.0916. The standard InChI is InChI=1S/C15H23N3O3/c1-3-10-21-14-8-4-7-13(15(14)18(19)20)17-9-5-6-12(17)11-16-2/h4,7-8,12,16H,3,5-6,9-11H2,1-2H3. The molecule has 1 aliphatic rings. The van der Waals surface area contributed by atoms with Crippen LogP contribution in [-0.4, -0.2) is 37.7 Å². The third-order valence-corrected chi connectivity index (χ3v) is 3.75. The molecule has 0 radical (unpaired) electrons. The Morgan fingerprint density at radius 1 is 1.52 bits per heavy atom. The highest BCUT2D eigenvalue weighted by Crippen LogP contribution is 2.40. The highest BCUT2D eigenvalue weighted by molar-refractivity contribution is 5.70. The number of nitro groups is 1. The first-order valence-electron chi connectivity index (χ1n) is 7.50. The van der Waals surface area contributed by atoms with Crippen LogP contribution in [0.25, 0.3) is 0 Å². The van der Waals surface area contributed by atoms with Crippen molar-refractivity contribution in [2.24, 2.45) is 0 Å². The molecule has 2 rings (SSSR count). The highest BCUT2D eigenvalue weighted by Gasteiger charge is 2.31. The number of nitrogens with zero attached hydrogens (tertiary/aromatic N) is 2. The van der Waals surface area contributed by atoms with Crippen molar-refractivity contribution in [3.05, 3.63) is 28.3 Å². The van der Waals surface area contributed by atoms with E-state index in [0.29, 0.717) is 24.1 Å². The fourth-order valence-electron chi connectivity index (χ4n) is 2.86. The third kappa shape index (κ3) is 3.44. The van der Waals surface area contributed by atoms with E-state index in [1.807, 2.05) is 26.1 Å². The molecule has 0 amide bonds. The largest absolute Gasteiger partial charge is 0.487 e. The minimum atomic E-state index is -0.324. The molecule has 0 aliphatic carbocycles. The van der Waals surface area contributed by atoms with Gasteiger partial charge in [-0.2, -0.15) is 0 Å². The molecule has 21 heavy (non-hydrogen) atoms. The first kappa shape index (κ1) is 15.6. The second-order valence-electron chi connectivity index (χ2n) is 5.28. The summed E-state index contributed by atoms with van der Waals surface area (Å²) < 4.78 is 5.56. The van der Waals surface area contributed by atoms with Gasteiger partial charge in [0, 0.05) is 19.1 Å². The summed E-state index contributed by atoms with van der Waals surface area (Å²) in [6.45, 7) is 4.16. The first-order chi connectivity index (χ1) is 10.2. The summed E-state index contributed by atoms with van der Waals surface area (Å²) >= 11 is 0. The number of nitrogens with one attached hydrogen (secondary N) is 1. The fourth-order valence-corrected chi connectivity index (χ4v) is 2.86. The Hall–Kier alpha value is -1.82. The average Bonchev–Trinajstić information content (AvgIpc) is 2.93. The molecule has 116 valence electrons. The van der Waals surface area contributed by atoms with Gasteiger partial charge in [0.25, 0.3) is 0 Å². The Kier molecular flexibility index (Phi) is 5.38. The average molecular weight is 293 g/mol. The summed E-state index contributed by atoms with van der Waals surface area (Å²) in [7, 11) is 1.91. The lowest BCUT2D eigenvalue weighted by atomic mass is 10.2. The Morgan fingerprint density at radius 2 is 2.33 bits per heavy atom. The second kappa shape index (κ2) is 7.26. The quantitative estimate of drug-likeness (QED) is 0.618. The van der Waals surface area contributed by atoms with Gasteiger partial charge in [0.2, 0.25) is 0 Å². The van der Waals surface area contributed by atoms with E-state index >= 15 is 0 Å². The smallest absolute Gasteiger partial charge is 0.333 e. The van der Waals surface area contributed by atoms with Crippen molar-refractivity contribution >= 4 is 11.4 Å². The molecule has 0 aromatic heterocycles. The number of hydrogen-bond acceptors (Lipinski definition) is 5. The number of hydrogen-bond donors (Lipinski definition) is 1. The van der Waals surface area contributed by atoms with Crippen LogP contribution in [0.3, 0.4) is 0 Å². The van der Waals surface area contributed by atoms with Crippen LogP contribution in [0.15, 0.2) is 18.2 Å². The van der Waals surface area contributed by atoms with E-state index in [0.717, 1.165) is 32.4 Å². The molecule has 1 atom stereocenters. The van der Waals surface area contributed by atoms with E-state index < -0.39 is 0 Å². The topological polar surface area (TPSA) is 67.6 Å². The van der Waals surface area contributed by atoms with Crippen LogP contribution in [0.2, 0.25) is 0 Å². The Bertz CT molecular complexity index is 493. The zero-order chi connectivity index (χ0) is 15.2. The van der Waals surface area contributed by atoms with Crippen LogP contribution in [0.4, 0.5) is 11.4 Å². The lowest BCUT2D eigenvalue weighted by molar-refractivity contribution is -0.385. The molecule has 1 N–H and O–H groups in total. The molecule has 1 fully saturated rings. The van der Waals surface area contributed by atoms with Gasteiger partial charge in [0.05, 0.1) is 11.5 Å². The number of para-hydroxylation sites is 1. The van der Waals surface area contributed by atoms with Crippen molar-refractivity contribution in [2.45, 2.75) is 32.2 Å². The SMILES string of the molecule is CCCOc1cccc(N2CCCC2CNC)c1[N+](=O)[O-]. The van der Waals surface area contributed by atoms with Gasteiger partial charge in [-0.15, -0.1) is 0 Å². The Balaban J connectivity index is 2.35. The van der Waals surface area contributed by atoms with E-state index in [4.69, 9.17) is 4.74 Å². The van der Waals surface area contributed by atoms with Gasteiger partial charge in [-0.3, -0.25) is 10.1 Å². The monoisotopic (exact) mass is 293 g/mol. The van der Waals surface area contributed by atoms with Crippen LogP contribution in [0, 0.1) is 10.1 Å². The lowest BCUT2D eigenvalue weighted by Gasteiger charge is -2.26. The van der Waals surface area contributed by atoms with Gasteiger partial charge in [-0.05, 0) is 38.4 Å². The summed E-state index contributed by atoms with van der Waals surface area (Å²) in [6.07, 6.45) is 2.94. The molecule has 1 heterocycles. The number of benzene rings is 1. The number of anilines is 1. The number of ether oxygens (including phenoxy) is 1. The summed E-state index contributed by atoms with van der Waals surface area (Å²) in [5, 5.41) is 14.7. The van der Waals surface area contributed by atoms with Crippen molar-refractivity contribution in [1.29, 1.82) is 0 Å². The van der Waals surface area contributed by atoms with Crippen molar-refractivity contribution < 1.29 is 9.66 Å². The molecule has 1 unspecified atom stereocenters. The van der Waals surface area contributed by atoms with Crippen molar-refractivity contribution in [1.82, 2.24) is 5.32 Å². The number of likely N-dealkylation sites (N-methyl/N-ethyl adjacent to an activating group) is 1. The second-order valence-corrected chi connectivity index (χ2v) is 5.28. The minimum Gasteiger partial charge on any atom is -0.487 e.